The molecule has 0 aliphatic heterocycles. The van der Waals surface area contributed by atoms with Gasteiger partial charge < -0.3 is 4.42 Å². The molecule has 0 spiro atoms. The number of hydrogen-bond donors (Lipinski definition) is 0. The lowest BCUT2D eigenvalue weighted by Gasteiger charge is -2.23. The summed E-state index contributed by atoms with van der Waals surface area (Å²) >= 11 is 0. The summed E-state index contributed by atoms with van der Waals surface area (Å²) in [5.74, 6) is 0.0660. The van der Waals surface area contributed by atoms with E-state index in [1.807, 2.05) is 6.92 Å². The smallest absolute Gasteiger partial charge is 0.159 e. The molecule has 0 aromatic carbocycles. The molecule has 0 bridgehead atoms. The molecule has 0 N–H and O–H groups in total. The van der Waals surface area contributed by atoms with Crippen molar-refractivity contribution in [1.82, 2.24) is 0 Å². The molecule has 86 valence electrons. The van der Waals surface area contributed by atoms with Gasteiger partial charge in [0.1, 0.15) is 0 Å². The van der Waals surface area contributed by atoms with Gasteiger partial charge in [-0.15, -0.1) is 0 Å². The Labute approximate surface area is 91.4 Å². The van der Waals surface area contributed by atoms with Gasteiger partial charge in [0.25, 0.3) is 0 Å². The zero-order chi connectivity index (χ0) is 11.5. The summed E-state index contributed by atoms with van der Waals surface area (Å²) in [5.41, 5.74) is 0.721. The second-order valence-electron chi connectivity index (χ2n) is 4.40. The van der Waals surface area contributed by atoms with Crippen LogP contribution >= 0.6 is 0 Å². The molecule has 1 aromatic heterocycles. The Kier molecular flexibility index (Phi) is 3.60. The van der Waals surface area contributed by atoms with Crippen LogP contribution in [0.15, 0.2) is 23.0 Å². The normalized spacial score (nSPS) is 13.0. The summed E-state index contributed by atoms with van der Waals surface area (Å²) in [6.45, 7) is 5.56. The second kappa shape index (κ2) is 4.39. The maximum atomic E-state index is 12.1. The first kappa shape index (κ1) is 12.3. The summed E-state index contributed by atoms with van der Waals surface area (Å²) < 4.78 is 28.4. The highest BCUT2D eigenvalue weighted by molar-refractivity contribution is 7.92. The lowest BCUT2D eigenvalue weighted by atomic mass is 10.1. The third-order valence-corrected chi connectivity index (χ3v) is 5.23. The highest BCUT2D eigenvalue weighted by Gasteiger charge is 2.33. The van der Waals surface area contributed by atoms with Crippen LogP contribution in [0.1, 0.15) is 39.2 Å². The minimum absolute atomic E-state index is 0.0660. The zero-order valence-electron chi connectivity index (χ0n) is 9.49. The fourth-order valence-corrected chi connectivity index (χ4v) is 3.06. The fraction of sp³-hybridized carbons (Fsp3) is 0.636. The Morgan fingerprint density at radius 2 is 2.07 bits per heavy atom. The molecule has 0 aliphatic carbocycles. The average molecular weight is 230 g/mol. The topological polar surface area (TPSA) is 47.3 Å². The Bertz CT molecular complexity index is 387. The maximum absolute atomic E-state index is 12.1. The Hall–Kier alpha value is -0.770. The van der Waals surface area contributed by atoms with Gasteiger partial charge in [0, 0.05) is 5.56 Å². The predicted octanol–water partition coefficient (Wildman–Crippen LogP) is 2.77. The second-order valence-corrected chi connectivity index (χ2v) is 7.02. The van der Waals surface area contributed by atoms with Gasteiger partial charge in [0.05, 0.1) is 23.0 Å². The van der Waals surface area contributed by atoms with Crippen LogP contribution in [0.25, 0.3) is 0 Å². The molecule has 0 fully saturated rings. The average Bonchev–Trinajstić information content (AvgIpc) is 2.55. The molecule has 15 heavy (non-hydrogen) atoms. The van der Waals surface area contributed by atoms with Crippen LogP contribution in [0.3, 0.4) is 0 Å². The monoisotopic (exact) mass is 230 g/mol. The van der Waals surface area contributed by atoms with Crippen LogP contribution in [0.5, 0.6) is 0 Å². The molecule has 0 saturated carbocycles. The standard InChI is InChI=1S/C11H18O3S/c1-4-6-11(2,3)15(12,13)9-10-5-7-14-8-10/h5,7-8H,4,6,9H2,1-3H3. The quantitative estimate of drug-likeness (QED) is 0.781. The highest BCUT2D eigenvalue weighted by Crippen LogP contribution is 2.26. The molecule has 0 saturated heterocycles. The molecular formula is C11H18O3S. The van der Waals surface area contributed by atoms with Gasteiger partial charge in [-0.3, -0.25) is 0 Å². The van der Waals surface area contributed by atoms with E-state index in [1.54, 1.807) is 19.9 Å². The largest absolute Gasteiger partial charge is 0.472 e. The van der Waals surface area contributed by atoms with Crippen molar-refractivity contribution in [1.29, 1.82) is 0 Å². The van der Waals surface area contributed by atoms with E-state index in [0.717, 1.165) is 12.0 Å². The molecule has 0 unspecified atom stereocenters. The highest BCUT2D eigenvalue weighted by atomic mass is 32.2. The van der Waals surface area contributed by atoms with E-state index in [2.05, 4.69) is 0 Å². The van der Waals surface area contributed by atoms with Gasteiger partial charge >= 0.3 is 0 Å². The third-order valence-electron chi connectivity index (χ3n) is 2.63. The van der Waals surface area contributed by atoms with E-state index in [9.17, 15) is 8.42 Å². The van der Waals surface area contributed by atoms with Crippen LogP contribution in [-0.4, -0.2) is 13.2 Å². The van der Waals surface area contributed by atoms with Crippen molar-refractivity contribution in [2.24, 2.45) is 0 Å². The first-order chi connectivity index (χ1) is 6.89. The van der Waals surface area contributed by atoms with Gasteiger partial charge in [-0.05, 0) is 26.3 Å². The van der Waals surface area contributed by atoms with E-state index in [1.165, 1.54) is 12.5 Å². The minimum Gasteiger partial charge on any atom is -0.472 e. The van der Waals surface area contributed by atoms with E-state index in [-0.39, 0.29) is 5.75 Å². The molecular weight excluding hydrogens is 212 g/mol. The van der Waals surface area contributed by atoms with Crippen LogP contribution in [-0.2, 0) is 15.6 Å². The summed E-state index contributed by atoms with van der Waals surface area (Å²) in [5, 5.41) is 0. The van der Waals surface area contributed by atoms with Crippen molar-refractivity contribution in [2.75, 3.05) is 0 Å². The van der Waals surface area contributed by atoms with Gasteiger partial charge in [-0.25, -0.2) is 8.42 Å². The number of hydrogen-bond acceptors (Lipinski definition) is 3. The Balaban J connectivity index is 2.84. The molecule has 3 nitrogen and oxygen atoms in total. The van der Waals surface area contributed by atoms with Crippen molar-refractivity contribution in [3.8, 4) is 0 Å². The first-order valence-corrected chi connectivity index (χ1v) is 6.77. The SMILES string of the molecule is CCCC(C)(C)S(=O)(=O)Cc1ccoc1. The van der Waals surface area contributed by atoms with Crippen LogP contribution in [0, 0.1) is 0 Å². The van der Waals surface area contributed by atoms with Crippen LogP contribution in [0.4, 0.5) is 0 Å². The molecule has 1 aromatic rings. The van der Waals surface area contributed by atoms with Gasteiger partial charge in [-0.2, -0.15) is 0 Å². The zero-order valence-corrected chi connectivity index (χ0v) is 10.3. The molecule has 0 aliphatic rings. The van der Waals surface area contributed by atoms with E-state index in [0.29, 0.717) is 6.42 Å². The summed E-state index contributed by atoms with van der Waals surface area (Å²) in [7, 11) is -3.10. The van der Waals surface area contributed by atoms with Crippen molar-refractivity contribution >= 4 is 9.84 Å². The lowest BCUT2D eigenvalue weighted by molar-refractivity contribution is 0.521. The van der Waals surface area contributed by atoms with Gasteiger partial charge in [0.15, 0.2) is 9.84 Å². The summed E-state index contributed by atoms with van der Waals surface area (Å²) in [6, 6.07) is 1.69. The van der Waals surface area contributed by atoms with Gasteiger partial charge in [0.2, 0.25) is 0 Å². The number of furan rings is 1. The Morgan fingerprint density at radius 1 is 1.40 bits per heavy atom. The predicted molar refractivity (Wildman–Crippen MR) is 60.3 cm³/mol. The van der Waals surface area contributed by atoms with Crippen molar-refractivity contribution < 1.29 is 12.8 Å². The molecule has 1 rings (SSSR count). The fourth-order valence-electron chi connectivity index (χ4n) is 1.55. The summed E-state index contributed by atoms with van der Waals surface area (Å²) in [4.78, 5) is 0. The van der Waals surface area contributed by atoms with E-state index < -0.39 is 14.6 Å². The van der Waals surface area contributed by atoms with Crippen molar-refractivity contribution in [3.05, 3.63) is 24.2 Å². The van der Waals surface area contributed by atoms with Crippen molar-refractivity contribution in [2.45, 2.75) is 44.1 Å². The van der Waals surface area contributed by atoms with Gasteiger partial charge in [-0.1, -0.05) is 13.3 Å². The first-order valence-electron chi connectivity index (χ1n) is 5.12. The van der Waals surface area contributed by atoms with E-state index in [4.69, 9.17) is 4.42 Å². The third kappa shape index (κ3) is 2.84. The number of sulfone groups is 1. The Morgan fingerprint density at radius 3 is 2.53 bits per heavy atom. The molecule has 0 amide bonds. The number of rotatable bonds is 5. The lowest BCUT2D eigenvalue weighted by Crippen LogP contribution is -2.32. The summed E-state index contributed by atoms with van der Waals surface area (Å²) in [6.07, 6.45) is 4.54. The minimum atomic E-state index is -3.10. The van der Waals surface area contributed by atoms with Crippen molar-refractivity contribution in [3.63, 3.8) is 0 Å². The molecule has 4 heteroatoms. The van der Waals surface area contributed by atoms with E-state index >= 15 is 0 Å². The maximum Gasteiger partial charge on any atom is 0.159 e. The molecule has 1 heterocycles. The van der Waals surface area contributed by atoms with Crippen LogP contribution < -0.4 is 0 Å². The molecule has 0 atom stereocenters. The van der Waals surface area contributed by atoms with Crippen LogP contribution in [0.2, 0.25) is 0 Å². The molecule has 0 radical (unpaired) electrons.